The number of furan rings is 1. The Bertz CT molecular complexity index is 1150. The molecule has 2 N–H and O–H groups in total. The molecule has 0 bridgehead atoms. The standard InChI is InChI=1S/C19H18F3N3O4S/c20-19(21,22)18-15(11-26)10-25(23-18)9-12-3-4-13-7-16(8-14(13)6-12)24-30(27,28)17-2-1-5-29-17/h1-6,10,16,24,26H,7-9,11H2/t16-/m1/s1. The number of hydrogen-bond acceptors (Lipinski definition) is 5. The third kappa shape index (κ3) is 4.13. The van der Waals surface area contributed by atoms with Gasteiger partial charge in [0.25, 0.3) is 10.0 Å². The van der Waals surface area contributed by atoms with Gasteiger partial charge < -0.3 is 9.52 Å². The van der Waals surface area contributed by atoms with E-state index < -0.39 is 28.5 Å². The highest BCUT2D eigenvalue weighted by atomic mass is 32.2. The summed E-state index contributed by atoms with van der Waals surface area (Å²) in [6.45, 7) is -0.657. The van der Waals surface area contributed by atoms with Gasteiger partial charge in [0.15, 0.2) is 5.69 Å². The Morgan fingerprint density at radius 2 is 2.00 bits per heavy atom. The molecular formula is C19H18F3N3O4S. The lowest BCUT2D eigenvalue weighted by Gasteiger charge is -2.10. The van der Waals surface area contributed by atoms with Crippen LogP contribution in [0.4, 0.5) is 13.2 Å². The van der Waals surface area contributed by atoms with E-state index in [2.05, 4.69) is 9.82 Å². The van der Waals surface area contributed by atoms with Gasteiger partial charge in [-0.2, -0.15) is 18.3 Å². The predicted octanol–water partition coefficient (Wildman–Crippen LogP) is 2.48. The molecule has 0 spiro atoms. The molecule has 30 heavy (non-hydrogen) atoms. The Kier molecular flexibility index (Phi) is 5.20. The molecule has 1 aliphatic rings. The van der Waals surface area contributed by atoms with E-state index in [0.717, 1.165) is 21.4 Å². The lowest BCUT2D eigenvalue weighted by Crippen LogP contribution is -2.35. The Hall–Kier alpha value is -2.63. The first kappa shape index (κ1) is 20.6. The first-order chi connectivity index (χ1) is 14.2. The van der Waals surface area contributed by atoms with Crippen LogP contribution < -0.4 is 4.72 Å². The summed E-state index contributed by atoms with van der Waals surface area (Å²) < 4.78 is 72.4. The summed E-state index contributed by atoms with van der Waals surface area (Å²) in [5.74, 6) is 0. The van der Waals surface area contributed by atoms with Crippen LogP contribution in [0.5, 0.6) is 0 Å². The Morgan fingerprint density at radius 1 is 1.23 bits per heavy atom. The van der Waals surface area contributed by atoms with Crippen LogP contribution in [-0.2, 0) is 42.2 Å². The Labute approximate surface area is 170 Å². The molecule has 0 fully saturated rings. The average molecular weight is 441 g/mol. The molecular weight excluding hydrogens is 423 g/mol. The number of fused-ring (bicyclic) bond motifs is 1. The van der Waals surface area contributed by atoms with Crippen molar-refractivity contribution in [2.45, 2.75) is 43.3 Å². The molecule has 2 heterocycles. The van der Waals surface area contributed by atoms with Crippen molar-refractivity contribution in [2.24, 2.45) is 0 Å². The molecule has 4 rings (SSSR count). The number of aliphatic hydroxyl groups excluding tert-OH is 1. The van der Waals surface area contributed by atoms with Crippen LogP contribution in [0.15, 0.2) is 52.3 Å². The zero-order valence-electron chi connectivity index (χ0n) is 15.6. The highest BCUT2D eigenvalue weighted by molar-refractivity contribution is 7.89. The largest absolute Gasteiger partial charge is 0.452 e. The van der Waals surface area contributed by atoms with Gasteiger partial charge in [-0.1, -0.05) is 18.2 Å². The van der Waals surface area contributed by atoms with Gasteiger partial charge >= 0.3 is 6.18 Å². The fourth-order valence-corrected chi connectivity index (χ4v) is 4.79. The third-order valence-corrected chi connectivity index (χ3v) is 6.31. The molecule has 0 saturated carbocycles. The monoisotopic (exact) mass is 441 g/mol. The maximum absolute atomic E-state index is 13.0. The highest BCUT2D eigenvalue weighted by Gasteiger charge is 2.37. The molecule has 2 aromatic heterocycles. The van der Waals surface area contributed by atoms with Gasteiger partial charge in [0.2, 0.25) is 5.09 Å². The molecule has 1 aromatic carbocycles. The molecule has 0 radical (unpaired) electrons. The smallest absolute Gasteiger partial charge is 0.435 e. The molecule has 0 unspecified atom stereocenters. The molecule has 0 aliphatic heterocycles. The van der Waals surface area contributed by atoms with Gasteiger partial charge in [-0.15, -0.1) is 0 Å². The maximum atomic E-state index is 13.0. The number of nitrogens with zero attached hydrogens (tertiary/aromatic N) is 2. The fourth-order valence-electron chi connectivity index (χ4n) is 3.63. The van der Waals surface area contributed by atoms with Crippen molar-refractivity contribution in [2.75, 3.05) is 0 Å². The number of sulfonamides is 1. The minimum Gasteiger partial charge on any atom is -0.452 e. The number of aromatic nitrogens is 2. The highest BCUT2D eigenvalue weighted by Crippen LogP contribution is 2.31. The third-order valence-electron chi connectivity index (χ3n) is 4.91. The van der Waals surface area contributed by atoms with E-state index in [0.29, 0.717) is 12.8 Å². The first-order valence-corrected chi connectivity index (χ1v) is 10.5. The lowest BCUT2D eigenvalue weighted by molar-refractivity contribution is -0.142. The second-order valence-corrected chi connectivity index (χ2v) is 8.76. The summed E-state index contributed by atoms with van der Waals surface area (Å²) in [4.78, 5) is 0. The summed E-state index contributed by atoms with van der Waals surface area (Å²) in [6, 6.07) is 7.97. The number of alkyl halides is 3. The van der Waals surface area contributed by atoms with Gasteiger partial charge in [0.1, 0.15) is 0 Å². The Morgan fingerprint density at radius 3 is 2.63 bits per heavy atom. The van der Waals surface area contributed by atoms with Crippen LogP contribution in [-0.4, -0.2) is 29.3 Å². The number of hydrogen-bond donors (Lipinski definition) is 2. The molecule has 1 aliphatic carbocycles. The van der Waals surface area contributed by atoms with E-state index in [-0.39, 0.29) is 23.2 Å². The minimum absolute atomic E-state index is 0.0964. The minimum atomic E-state index is -4.64. The van der Waals surface area contributed by atoms with E-state index in [4.69, 9.17) is 9.52 Å². The number of benzene rings is 1. The van der Waals surface area contributed by atoms with Crippen LogP contribution in [0.3, 0.4) is 0 Å². The van der Waals surface area contributed by atoms with Gasteiger partial charge in [0.05, 0.1) is 19.4 Å². The summed E-state index contributed by atoms with van der Waals surface area (Å²) in [7, 11) is -3.76. The zero-order chi connectivity index (χ0) is 21.5. The molecule has 3 aromatic rings. The molecule has 0 saturated heterocycles. The fraction of sp³-hybridized carbons (Fsp3) is 0.316. The number of rotatable bonds is 6. The van der Waals surface area contributed by atoms with E-state index in [1.165, 1.54) is 24.6 Å². The molecule has 1 atom stereocenters. The van der Waals surface area contributed by atoms with Crippen LogP contribution in [0, 0.1) is 0 Å². The number of halogens is 3. The molecule has 7 nitrogen and oxygen atoms in total. The first-order valence-electron chi connectivity index (χ1n) is 9.06. The van der Waals surface area contributed by atoms with Crippen molar-refractivity contribution in [1.82, 2.24) is 14.5 Å². The van der Waals surface area contributed by atoms with E-state index in [1.807, 2.05) is 12.1 Å². The summed E-state index contributed by atoms with van der Waals surface area (Å²) in [5.41, 5.74) is 1.24. The summed E-state index contributed by atoms with van der Waals surface area (Å²) >= 11 is 0. The predicted molar refractivity (Wildman–Crippen MR) is 98.9 cm³/mol. The van der Waals surface area contributed by atoms with Crippen molar-refractivity contribution < 1.29 is 31.1 Å². The van der Waals surface area contributed by atoms with Gasteiger partial charge in [-0.25, -0.2) is 13.1 Å². The van der Waals surface area contributed by atoms with E-state index >= 15 is 0 Å². The lowest BCUT2D eigenvalue weighted by atomic mass is 10.1. The number of aliphatic hydroxyl groups is 1. The van der Waals surface area contributed by atoms with E-state index in [9.17, 15) is 21.6 Å². The van der Waals surface area contributed by atoms with Crippen LogP contribution >= 0.6 is 0 Å². The average Bonchev–Trinajstić information content (AvgIpc) is 3.39. The summed E-state index contributed by atoms with van der Waals surface area (Å²) in [6.07, 6.45) is -1.22. The van der Waals surface area contributed by atoms with Gasteiger partial charge in [-0.05, 0) is 41.7 Å². The van der Waals surface area contributed by atoms with Crippen molar-refractivity contribution >= 4 is 10.0 Å². The molecule has 160 valence electrons. The van der Waals surface area contributed by atoms with Crippen molar-refractivity contribution in [1.29, 1.82) is 0 Å². The van der Waals surface area contributed by atoms with Crippen molar-refractivity contribution in [3.05, 3.63) is 70.7 Å². The van der Waals surface area contributed by atoms with Crippen molar-refractivity contribution in [3.63, 3.8) is 0 Å². The van der Waals surface area contributed by atoms with Crippen LogP contribution in [0.2, 0.25) is 0 Å². The second kappa shape index (κ2) is 7.56. The van der Waals surface area contributed by atoms with Crippen LogP contribution in [0.1, 0.15) is 27.9 Å². The van der Waals surface area contributed by atoms with Gasteiger partial charge in [-0.3, -0.25) is 4.68 Å². The topological polar surface area (TPSA) is 97.4 Å². The zero-order valence-corrected chi connectivity index (χ0v) is 16.4. The number of nitrogens with one attached hydrogen (secondary N) is 1. The quantitative estimate of drug-likeness (QED) is 0.613. The molecule has 11 heteroatoms. The molecule has 0 amide bonds. The Balaban J connectivity index is 1.48. The normalized spacial score (nSPS) is 16.7. The van der Waals surface area contributed by atoms with Crippen molar-refractivity contribution in [3.8, 4) is 0 Å². The summed E-state index contributed by atoms with van der Waals surface area (Å²) in [5, 5.41) is 12.6. The van der Waals surface area contributed by atoms with E-state index in [1.54, 1.807) is 6.07 Å². The maximum Gasteiger partial charge on any atom is 0.435 e. The van der Waals surface area contributed by atoms with Crippen LogP contribution in [0.25, 0.3) is 0 Å². The van der Waals surface area contributed by atoms with Gasteiger partial charge in [0, 0.05) is 17.8 Å². The SMILES string of the molecule is O=S(=O)(N[C@@H]1Cc2ccc(Cn3cc(CO)c(C(F)(F)F)n3)cc2C1)c1ccco1. The second-order valence-electron chi connectivity index (χ2n) is 7.12.